The quantitative estimate of drug-likeness (QED) is 0.483. The van der Waals surface area contributed by atoms with Gasteiger partial charge in [0.05, 0.1) is 22.7 Å². The molecular formula is C21H19BrClFN4O3. The third-order valence-electron chi connectivity index (χ3n) is 5.21. The van der Waals surface area contributed by atoms with Crippen molar-refractivity contribution >= 4 is 55.9 Å². The Morgan fingerprint density at radius 1 is 1.42 bits per heavy atom. The summed E-state index contributed by atoms with van der Waals surface area (Å²) < 4.78 is 25.8. The van der Waals surface area contributed by atoms with E-state index in [-0.39, 0.29) is 12.4 Å². The second-order valence-electron chi connectivity index (χ2n) is 7.05. The molecule has 0 unspecified atom stereocenters. The number of carbonyl (C=O) groups excluding carboxylic acids is 1. The van der Waals surface area contributed by atoms with Crippen molar-refractivity contribution in [2.45, 2.75) is 12.8 Å². The van der Waals surface area contributed by atoms with Gasteiger partial charge in [0.2, 0.25) is 5.75 Å². The molecule has 0 bridgehead atoms. The molecule has 1 aromatic carbocycles. The highest BCUT2D eigenvalue weighted by Gasteiger charge is 2.21. The largest absolute Gasteiger partial charge is 0.486 e. The Bertz CT molecular complexity index is 1200. The Kier molecular flexibility index (Phi) is 6.06. The second-order valence-corrected chi connectivity index (χ2v) is 8.25. The number of anilines is 1. The summed E-state index contributed by atoms with van der Waals surface area (Å²) in [4.78, 5) is 17.1. The highest BCUT2D eigenvalue weighted by atomic mass is 79.9. The van der Waals surface area contributed by atoms with Gasteiger partial charge in [-0.05, 0) is 45.6 Å². The van der Waals surface area contributed by atoms with Crippen molar-refractivity contribution in [3.05, 3.63) is 57.1 Å². The molecular weight excluding hydrogens is 491 g/mol. The van der Waals surface area contributed by atoms with Crippen molar-refractivity contribution < 1.29 is 18.3 Å². The SMILES string of the molecule is NC(=O)N1CC=C(c2coc3c(OCCc4c(Cl)ccc(F)c4Br)c(N)ncc23)CC1. The number of furan rings is 1. The van der Waals surface area contributed by atoms with Gasteiger partial charge in [0, 0.05) is 36.3 Å². The molecule has 31 heavy (non-hydrogen) atoms. The minimum atomic E-state index is -0.442. The van der Waals surface area contributed by atoms with E-state index in [0.717, 1.165) is 16.5 Å². The van der Waals surface area contributed by atoms with E-state index >= 15 is 0 Å². The lowest BCUT2D eigenvalue weighted by Crippen LogP contribution is -2.38. The second kappa shape index (κ2) is 8.76. The maximum absolute atomic E-state index is 13.8. The van der Waals surface area contributed by atoms with Crippen molar-refractivity contribution in [2.24, 2.45) is 5.73 Å². The zero-order chi connectivity index (χ0) is 22.1. The zero-order valence-corrected chi connectivity index (χ0v) is 18.7. The van der Waals surface area contributed by atoms with E-state index in [1.54, 1.807) is 17.4 Å². The number of carbonyl (C=O) groups is 1. The lowest BCUT2D eigenvalue weighted by molar-refractivity contribution is 0.213. The molecule has 2 amide bonds. The van der Waals surface area contributed by atoms with Gasteiger partial charge >= 0.3 is 6.03 Å². The number of hydrogen-bond acceptors (Lipinski definition) is 5. The van der Waals surface area contributed by atoms with Gasteiger partial charge < -0.3 is 25.5 Å². The van der Waals surface area contributed by atoms with E-state index in [9.17, 15) is 9.18 Å². The first kappa shape index (κ1) is 21.5. The van der Waals surface area contributed by atoms with Gasteiger partial charge in [-0.3, -0.25) is 0 Å². The summed E-state index contributed by atoms with van der Waals surface area (Å²) >= 11 is 9.41. The van der Waals surface area contributed by atoms with E-state index in [1.165, 1.54) is 12.1 Å². The van der Waals surface area contributed by atoms with Crippen LogP contribution in [0, 0.1) is 5.82 Å². The minimum absolute atomic E-state index is 0.190. The Morgan fingerprint density at radius 3 is 2.94 bits per heavy atom. The maximum Gasteiger partial charge on any atom is 0.315 e. The fraction of sp³-hybridized carbons (Fsp3) is 0.238. The molecule has 2 aromatic heterocycles. The molecule has 1 aliphatic rings. The number of benzene rings is 1. The molecule has 0 saturated carbocycles. The molecule has 1 aliphatic heterocycles. The van der Waals surface area contributed by atoms with Crippen LogP contribution >= 0.6 is 27.5 Å². The van der Waals surface area contributed by atoms with Gasteiger partial charge in [-0.1, -0.05) is 17.7 Å². The highest BCUT2D eigenvalue weighted by molar-refractivity contribution is 9.10. The first-order valence-corrected chi connectivity index (χ1v) is 10.7. The number of nitrogens with zero attached hydrogens (tertiary/aromatic N) is 2. The van der Waals surface area contributed by atoms with Crippen LogP contribution in [0.3, 0.4) is 0 Å². The Hall–Kier alpha value is -2.78. The monoisotopic (exact) mass is 508 g/mol. The van der Waals surface area contributed by atoms with Gasteiger partial charge in [-0.25, -0.2) is 14.2 Å². The van der Waals surface area contributed by atoms with Crippen LogP contribution in [0.25, 0.3) is 16.5 Å². The van der Waals surface area contributed by atoms with Crippen LogP contribution < -0.4 is 16.2 Å². The molecule has 0 atom stereocenters. The van der Waals surface area contributed by atoms with Crippen LogP contribution in [0.5, 0.6) is 5.75 Å². The van der Waals surface area contributed by atoms with Gasteiger partial charge in [0.1, 0.15) is 5.82 Å². The number of halogens is 3. The van der Waals surface area contributed by atoms with Crippen LogP contribution in [-0.4, -0.2) is 35.6 Å². The lowest BCUT2D eigenvalue weighted by Gasteiger charge is -2.24. The number of primary amides is 1. The van der Waals surface area contributed by atoms with E-state index in [1.807, 2.05) is 6.08 Å². The topological polar surface area (TPSA) is 108 Å². The van der Waals surface area contributed by atoms with Crippen molar-refractivity contribution in [2.75, 3.05) is 25.4 Å². The molecule has 0 spiro atoms. The van der Waals surface area contributed by atoms with Crippen LogP contribution in [0.4, 0.5) is 15.0 Å². The molecule has 0 radical (unpaired) electrons. The smallest absolute Gasteiger partial charge is 0.315 e. The molecule has 4 rings (SSSR count). The summed E-state index contributed by atoms with van der Waals surface area (Å²) in [5, 5.41) is 1.20. The Morgan fingerprint density at radius 2 is 2.23 bits per heavy atom. The van der Waals surface area contributed by atoms with Crippen molar-refractivity contribution in [1.29, 1.82) is 0 Å². The van der Waals surface area contributed by atoms with Gasteiger partial charge in [-0.2, -0.15) is 0 Å². The summed E-state index contributed by atoms with van der Waals surface area (Å²) in [7, 11) is 0. The van der Waals surface area contributed by atoms with Gasteiger partial charge in [-0.15, -0.1) is 0 Å². The molecule has 7 nitrogen and oxygen atoms in total. The number of urea groups is 1. The third-order valence-corrected chi connectivity index (χ3v) is 6.42. The van der Waals surface area contributed by atoms with Crippen molar-refractivity contribution in [3.63, 3.8) is 0 Å². The number of hydrogen-bond donors (Lipinski definition) is 2. The number of ether oxygens (including phenoxy) is 1. The Labute approximate surface area is 190 Å². The van der Waals surface area contributed by atoms with Gasteiger partial charge in [0.25, 0.3) is 0 Å². The molecule has 4 N–H and O–H groups in total. The van der Waals surface area contributed by atoms with Crippen LogP contribution in [-0.2, 0) is 6.42 Å². The maximum atomic E-state index is 13.8. The molecule has 3 heterocycles. The molecule has 162 valence electrons. The van der Waals surface area contributed by atoms with Crippen LogP contribution in [0.2, 0.25) is 5.02 Å². The summed E-state index contributed by atoms with van der Waals surface area (Å²) in [6.07, 6.45) is 6.21. The first-order valence-electron chi connectivity index (χ1n) is 9.51. The standard InChI is InChI=1S/C21H19BrClFN4O3/c22-17-12(15(23)1-2-16(17)24)5-8-30-19-18-13(9-27-20(19)25)14(10-31-18)11-3-6-28(7-4-11)21(26)29/h1-3,9-10H,4-8H2,(H2,25,27)(H2,26,29). The number of pyridine rings is 1. The van der Waals surface area contributed by atoms with E-state index < -0.39 is 11.8 Å². The average molecular weight is 510 g/mol. The van der Waals surface area contributed by atoms with Crippen LogP contribution in [0.1, 0.15) is 17.5 Å². The summed E-state index contributed by atoms with van der Waals surface area (Å²) in [5.74, 6) is 0.118. The third kappa shape index (κ3) is 4.20. The Balaban J connectivity index is 1.57. The van der Waals surface area contributed by atoms with E-state index in [2.05, 4.69) is 20.9 Å². The number of nitrogen functional groups attached to an aromatic ring is 1. The van der Waals surface area contributed by atoms with Crippen LogP contribution in [0.15, 0.2) is 39.6 Å². The number of fused-ring (bicyclic) bond motifs is 1. The molecule has 3 aromatic rings. The predicted octanol–water partition coefficient (Wildman–Crippen LogP) is 4.75. The van der Waals surface area contributed by atoms with E-state index in [4.69, 9.17) is 32.2 Å². The average Bonchev–Trinajstić information content (AvgIpc) is 3.19. The highest BCUT2D eigenvalue weighted by Crippen LogP contribution is 2.37. The van der Waals surface area contributed by atoms with Crippen molar-refractivity contribution in [1.82, 2.24) is 9.88 Å². The van der Waals surface area contributed by atoms with E-state index in [0.29, 0.717) is 52.3 Å². The number of aromatic nitrogens is 1. The minimum Gasteiger partial charge on any atom is -0.486 e. The van der Waals surface area contributed by atoms with Gasteiger partial charge in [0.15, 0.2) is 11.4 Å². The zero-order valence-electron chi connectivity index (χ0n) is 16.3. The predicted molar refractivity (Wildman–Crippen MR) is 120 cm³/mol. The summed E-state index contributed by atoms with van der Waals surface area (Å²) in [6.45, 7) is 1.16. The number of nitrogens with two attached hydrogens (primary N) is 2. The molecule has 10 heteroatoms. The summed E-state index contributed by atoms with van der Waals surface area (Å²) in [6, 6.07) is 2.36. The normalized spacial score (nSPS) is 14.0. The fourth-order valence-electron chi connectivity index (χ4n) is 3.54. The van der Waals surface area contributed by atoms with Crippen molar-refractivity contribution in [3.8, 4) is 5.75 Å². The summed E-state index contributed by atoms with van der Waals surface area (Å²) in [5.41, 5.74) is 14.3. The number of amides is 2. The molecule has 0 saturated heterocycles. The molecule has 0 fully saturated rings. The fourth-order valence-corrected chi connectivity index (χ4v) is 4.45. The lowest BCUT2D eigenvalue weighted by atomic mass is 9.99. The molecule has 0 aliphatic carbocycles. The first-order chi connectivity index (χ1) is 14.9. The number of rotatable bonds is 5.